The number of methoxy groups -OCH3 is 2. The zero-order chi connectivity index (χ0) is 16.3. The molecule has 4 heteroatoms. The van der Waals surface area contributed by atoms with Crippen LogP contribution in [-0.4, -0.2) is 26.2 Å². The Bertz CT molecular complexity index is 376. The topological polar surface area (TPSA) is 52.6 Å². The minimum Gasteiger partial charge on any atom is -0.468 e. The van der Waals surface area contributed by atoms with Gasteiger partial charge in [0.1, 0.15) is 0 Å². The molecule has 0 bridgehead atoms. The fraction of sp³-hybridized carbons (Fsp3) is 0.706. The van der Waals surface area contributed by atoms with E-state index >= 15 is 0 Å². The van der Waals surface area contributed by atoms with Gasteiger partial charge >= 0.3 is 11.9 Å². The first-order chi connectivity index (χ1) is 9.96. The lowest BCUT2D eigenvalue weighted by atomic mass is 9.82. The van der Waals surface area contributed by atoms with E-state index in [2.05, 4.69) is 19.2 Å². The predicted molar refractivity (Wildman–Crippen MR) is 82.8 cm³/mol. The Balaban J connectivity index is 4.70. The lowest BCUT2D eigenvalue weighted by molar-refractivity contribution is -0.167. The maximum absolute atomic E-state index is 11.9. The molecule has 0 heterocycles. The second kappa shape index (κ2) is 10.2. The van der Waals surface area contributed by atoms with Crippen molar-refractivity contribution in [2.45, 2.75) is 58.8 Å². The van der Waals surface area contributed by atoms with E-state index in [9.17, 15) is 9.59 Å². The Morgan fingerprint density at radius 2 is 1.57 bits per heavy atom. The van der Waals surface area contributed by atoms with Gasteiger partial charge in [-0.2, -0.15) is 0 Å². The predicted octanol–water partition coefficient (Wildman–Crippen LogP) is 3.80. The van der Waals surface area contributed by atoms with Gasteiger partial charge in [-0.15, -0.1) is 5.73 Å². The van der Waals surface area contributed by atoms with E-state index in [-0.39, 0.29) is 6.42 Å². The second-order valence-corrected chi connectivity index (χ2v) is 5.44. The number of carbonyl (C=O) groups excluding carboxylic acids is 2. The smallest absolute Gasteiger partial charge is 0.323 e. The van der Waals surface area contributed by atoms with Crippen LogP contribution in [0.2, 0.25) is 0 Å². The SMILES string of the molecule is C=C=C(CCCCCCC)CC(C)(C(=O)OC)C(=O)OC. The first-order valence-electron chi connectivity index (χ1n) is 7.50. The van der Waals surface area contributed by atoms with Crippen LogP contribution >= 0.6 is 0 Å². The Hall–Kier alpha value is -1.54. The molecule has 120 valence electrons. The molecule has 0 atom stereocenters. The van der Waals surface area contributed by atoms with Crippen LogP contribution in [0.15, 0.2) is 17.9 Å². The van der Waals surface area contributed by atoms with Gasteiger partial charge in [0.15, 0.2) is 5.41 Å². The summed E-state index contributed by atoms with van der Waals surface area (Å²) in [6, 6.07) is 0. The monoisotopic (exact) mass is 296 g/mol. The Labute approximate surface area is 128 Å². The molecule has 0 N–H and O–H groups in total. The maximum atomic E-state index is 11.9. The van der Waals surface area contributed by atoms with Crippen molar-refractivity contribution >= 4 is 11.9 Å². The van der Waals surface area contributed by atoms with Gasteiger partial charge in [-0.1, -0.05) is 39.2 Å². The summed E-state index contributed by atoms with van der Waals surface area (Å²) in [5.74, 6) is -1.18. The van der Waals surface area contributed by atoms with Crippen molar-refractivity contribution in [2.24, 2.45) is 5.41 Å². The fourth-order valence-electron chi connectivity index (χ4n) is 2.29. The maximum Gasteiger partial charge on any atom is 0.323 e. The van der Waals surface area contributed by atoms with E-state index in [1.165, 1.54) is 33.5 Å². The standard InChI is InChI=1S/C17H28O4/c1-6-8-9-10-11-12-14(7-2)13-17(3,15(18)20-4)16(19)21-5/h2,6,8-13H2,1,3-5H3. The van der Waals surface area contributed by atoms with Crippen LogP contribution in [0, 0.1) is 5.41 Å². The molecule has 0 unspecified atom stereocenters. The largest absolute Gasteiger partial charge is 0.468 e. The van der Waals surface area contributed by atoms with Crippen LogP contribution in [0.1, 0.15) is 58.8 Å². The van der Waals surface area contributed by atoms with E-state index in [1.807, 2.05) is 0 Å². The van der Waals surface area contributed by atoms with Gasteiger partial charge < -0.3 is 9.47 Å². The number of rotatable bonds is 10. The van der Waals surface area contributed by atoms with Crippen molar-refractivity contribution in [2.75, 3.05) is 14.2 Å². The first kappa shape index (κ1) is 19.5. The average Bonchev–Trinajstić information content (AvgIpc) is 2.51. The molecule has 21 heavy (non-hydrogen) atoms. The molecule has 0 aliphatic heterocycles. The zero-order valence-corrected chi connectivity index (χ0v) is 13.8. The summed E-state index contributed by atoms with van der Waals surface area (Å²) in [7, 11) is 2.54. The third-order valence-electron chi connectivity index (χ3n) is 3.67. The van der Waals surface area contributed by atoms with Gasteiger partial charge in [0, 0.05) is 6.42 Å². The quantitative estimate of drug-likeness (QED) is 0.266. The third kappa shape index (κ3) is 6.17. The summed E-state index contributed by atoms with van der Waals surface area (Å²) in [5, 5.41) is 0. The summed E-state index contributed by atoms with van der Waals surface area (Å²) in [6.07, 6.45) is 6.80. The van der Waals surface area contributed by atoms with Crippen LogP contribution in [0.25, 0.3) is 0 Å². The Morgan fingerprint density at radius 3 is 2.00 bits per heavy atom. The van der Waals surface area contributed by atoms with Gasteiger partial charge in [0.05, 0.1) is 14.2 Å². The molecule has 0 saturated carbocycles. The normalized spacial score (nSPS) is 10.7. The highest BCUT2D eigenvalue weighted by Crippen LogP contribution is 2.31. The molecule has 0 aliphatic carbocycles. The highest BCUT2D eigenvalue weighted by Gasteiger charge is 2.44. The molecule has 0 rings (SSSR count). The van der Waals surface area contributed by atoms with E-state index in [0.717, 1.165) is 24.8 Å². The van der Waals surface area contributed by atoms with Gasteiger partial charge in [0.25, 0.3) is 0 Å². The van der Waals surface area contributed by atoms with Crippen LogP contribution < -0.4 is 0 Å². The van der Waals surface area contributed by atoms with Crippen molar-refractivity contribution in [1.82, 2.24) is 0 Å². The molecule has 0 radical (unpaired) electrons. The zero-order valence-electron chi connectivity index (χ0n) is 13.8. The molecule has 0 aromatic heterocycles. The number of esters is 2. The van der Waals surface area contributed by atoms with E-state index in [0.29, 0.717) is 0 Å². The third-order valence-corrected chi connectivity index (χ3v) is 3.67. The van der Waals surface area contributed by atoms with Crippen molar-refractivity contribution in [3.8, 4) is 0 Å². The number of allylic oxidation sites excluding steroid dienone is 1. The summed E-state index contributed by atoms with van der Waals surface area (Å²) in [5.41, 5.74) is 2.40. The number of hydrogen-bond acceptors (Lipinski definition) is 4. The second-order valence-electron chi connectivity index (χ2n) is 5.44. The van der Waals surface area contributed by atoms with Crippen molar-refractivity contribution in [3.05, 3.63) is 17.9 Å². The van der Waals surface area contributed by atoms with Gasteiger partial charge in [-0.05, 0) is 25.3 Å². The van der Waals surface area contributed by atoms with Crippen molar-refractivity contribution in [3.63, 3.8) is 0 Å². The van der Waals surface area contributed by atoms with E-state index < -0.39 is 17.4 Å². The molecular weight excluding hydrogens is 268 g/mol. The summed E-state index contributed by atoms with van der Waals surface area (Å²) in [4.78, 5) is 23.8. The van der Waals surface area contributed by atoms with Crippen LogP contribution in [0.5, 0.6) is 0 Å². The highest BCUT2D eigenvalue weighted by atomic mass is 16.5. The lowest BCUT2D eigenvalue weighted by Crippen LogP contribution is -2.38. The first-order valence-corrected chi connectivity index (χ1v) is 7.50. The minimum atomic E-state index is -1.33. The molecule has 0 aromatic carbocycles. The number of carbonyl (C=O) groups is 2. The molecule has 0 aromatic rings. The number of ether oxygens (including phenoxy) is 2. The van der Waals surface area contributed by atoms with Gasteiger partial charge in [0.2, 0.25) is 0 Å². The van der Waals surface area contributed by atoms with E-state index in [1.54, 1.807) is 6.92 Å². The molecule has 0 saturated heterocycles. The molecule has 0 aliphatic rings. The van der Waals surface area contributed by atoms with Gasteiger partial charge in [-0.3, -0.25) is 9.59 Å². The van der Waals surface area contributed by atoms with Crippen LogP contribution in [0.4, 0.5) is 0 Å². The van der Waals surface area contributed by atoms with Gasteiger partial charge in [-0.25, -0.2) is 0 Å². The van der Waals surface area contributed by atoms with Crippen LogP contribution in [-0.2, 0) is 19.1 Å². The van der Waals surface area contributed by atoms with Crippen LogP contribution in [0.3, 0.4) is 0 Å². The summed E-state index contributed by atoms with van der Waals surface area (Å²) >= 11 is 0. The molecular formula is C17H28O4. The Morgan fingerprint density at radius 1 is 1.05 bits per heavy atom. The summed E-state index contributed by atoms with van der Waals surface area (Å²) < 4.78 is 9.48. The Kier molecular flexibility index (Phi) is 9.48. The fourth-order valence-corrected chi connectivity index (χ4v) is 2.29. The highest BCUT2D eigenvalue weighted by molar-refractivity contribution is 5.99. The lowest BCUT2D eigenvalue weighted by Gasteiger charge is -2.24. The van der Waals surface area contributed by atoms with E-state index in [4.69, 9.17) is 9.47 Å². The van der Waals surface area contributed by atoms with Crippen molar-refractivity contribution in [1.29, 1.82) is 0 Å². The number of unbranched alkanes of at least 4 members (excludes halogenated alkanes) is 4. The van der Waals surface area contributed by atoms with Crippen molar-refractivity contribution < 1.29 is 19.1 Å². The molecule has 0 amide bonds. The molecule has 0 spiro atoms. The average molecular weight is 296 g/mol. The minimum absolute atomic E-state index is 0.240. The molecule has 0 fully saturated rings. The molecule has 4 nitrogen and oxygen atoms in total. The summed E-state index contributed by atoms with van der Waals surface area (Å²) in [6.45, 7) is 7.38. The number of hydrogen-bond donors (Lipinski definition) is 0.